The Labute approximate surface area is 128 Å². The second-order valence-electron chi connectivity index (χ2n) is 5.29. The number of anilines is 1. The number of nitrogens with zero attached hydrogens (tertiary/aromatic N) is 1. The number of nitrogens with one attached hydrogen (secondary N) is 1. The van der Waals surface area contributed by atoms with Gasteiger partial charge < -0.3 is 10.4 Å². The van der Waals surface area contributed by atoms with Crippen molar-refractivity contribution < 1.29 is 9.90 Å². The molecule has 0 radical (unpaired) electrons. The van der Waals surface area contributed by atoms with Crippen molar-refractivity contribution in [2.24, 2.45) is 0 Å². The number of rotatable bonds is 7. The van der Waals surface area contributed by atoms with E-state index < -0.39 is 5.97 Å². The lowest BCUT2D eigenvalue weighted by molar-refractivity contribution is -0.136. The van der Waals surface area contributed by atoms with Gasteiger partial charge >= 0.3 is 5.97 Å². The van der Waals surface area contributed by atoms with Gasteiger partial charge in [-0.1, -0.05) is 38.1 Å². The molecule has 2 rings (SSSR count). The van der Waals surface area contributed by atoms with Gasteiger partial charge in [0.05, 0.1) is 12.1 Å². The Morgan fingerprint density at radius 1 is 1.33 bits per heavy atom. The molecule has 1 aromatic heterocycles. The fourth-order valence-electron chi connectivity index (χ4n) is 1.94. The summed E-state index contributed by atoms with van der Waals surface area (Å²) in [6, 6.07) is 8.56. The molecule has 0 spiro atoms. The van der Waals surface area contributed by atoms with Gasteiger partial charge in [0.25, 0.3) is 0 Å². The molecule has 0 aliphatic rings. The molecule has 0 amide bonds. The van der Waals surface area contributed by atoms with Crippen molar-refractivity contribution in [3.63, 3.8) is 0 Å². The monoisotopic (exact) mass is 304 g/mol. The molecule has 4 nitrogen and oxygen atoms in total. The van der Waals surface area contributed by atoms with E-state index >= 15 is 0 Å². The van der Waals surface area contributed by atoms with Gasteiger partial charge in [0.15, 0.2) is 5.13 Å². The maximum absolute atomic E-state index is 10.5. The van der Waals surface area contributed by atoms with E-state index in [4.69, 9.17) is 5.11 Å². The fourth-order valence-corrected chi connectivity index (χ4v) is 2.68. The second kappa shape index (κ2) is 7.22. The largest absolute Gasteiger partial charge is 0.481 e. The lowest BCUT2D eigenvalue weighted by atomic mass is 10.0. The molecule has 0 atom stereocenters. The Morgan fingerprint density at radius 2 is 2.05 bits per heavy atom. The van der Waals surface area contributed by atoms with Crippen molar-refractivity contribution in [1.82, 2.24) is 4.98 Å². The summed E-state index contributed by atoms with van der Waals surface area (Å²) in [7, 11) is 0. The number of thiazole rings is 1. The quantitative estimate of drug-likeness (QED) is 0.814. The van der Waals surface area contributed by atoms with Crippen molar-refractivity contribution in [2.45, 2.75) is 39.2 Å². The molecule has 1 aromatic carbocycles. The van der Waals surface area contributed by atoms with E-state index in [2.05, 4.69) is 48.4 Å². The Hall–Kier alpha value is -1.88. The van der Waals surface area contributed by atoms with Crippen LogP contribution < -0.4 is 5.32 Å². The number of carboxylic acids is 1. The summed E-state index contributed by atoms with van der Waals surface area (Å²) in [5.74, 6) is -0.245. The molecule has 0 saturated carbocycles. The molecule has 0 saturated heterocycles. The Balaban J connectivity index is 1.86. The van der Waals surface area contributed by atoms with Gasteiger partial charge in [-0.3, -0.25) is 4.79 Å². The molecule has 0 bridgehead atoms. The summed E-state index contributed by atoms with van der Waals surface area (Å²) < 4.78 is 0. The van der Waals surface area contributed by atoms with Crippen LogP contribution in [-0.2, 0) is 17.8 Å². The Kier molecular flexibility index (Phi) is 5.33. The molecule has 21 heavy (non-hydrogen) atoms. The van der Waals surface area contributed by atoms with E-state index in [9.17, 15) is 4.79 Å². The van der Waals surface area contributed by atoms with Crippen molar-refractivity contribution in [3.8, 4) is 0 Å². The summed E-state index contributed by atoms with van der Waals surface area (Å²) in [5.41, 5.74) is 3.38. The lowest BCUT2D eigenvalue weighted by Gasteiger charge is -2.07. The summed E-state index contributed by atoms with van der Waals surface area (Å²) in [4.78, 5) is 14.9. The summed E-state index contributed by atoms with van der Waals surface area (Å²) in [5, 5.41) is 14.7. The summed E-state index contributed by atoms with van der Waals surface area (Å²) >= 11 is 1.51. The number of hydrogen-bond acceptors (Lipinski definition) is 4. The first-order valence-electron chi connectivity index (χ1n) is 7.03. The number of carbonyl (C=O) groups is 1. The fraction of sp³-hybridized carbons (Fsp3) is 0.375. The van der Waals surface area contributed by atoms with Crippen LogP contribution in [-0.4, -0.2) is 16.1 Å². The van der Waals surface area contributed by atoms with Crippen LogP contribution in [0.15, 0.2) is 29.6 Å². The predicted octanol–water partition coefficient (Wildman–Crippen LogP) is 3.90. The predicted molar refractivity (Wildman–Crippen MR) is 85.9 cm³/mol. The van der Waals surface area contributed by atoms with Crippen molar-refractivity contribution in [3.05, 3.63) is 46.5 Å². The molecule has 0 aliphatic carbocycles. The molecular formula is C16H20N2O2S. The highest BCUT2D eigenvalue weighted by molar-refractivity contribution is 7.13. The van der Waals surface area contributed by atoms with Gasteiger partial charge in [-0.2, -0.15) is 0 Å². The van der Waals surface area contributed by atoms with E-state index in [1.54, 1.807) is 0 Å². The lowest BCUT2D eigenvalue weighted by Crippen LogP contribution is -2.01. The summed E-state index contributed by atoms with van der Waals surface area (Å²) in [6.07, 6.45) is 0.608. The minimum absolute atomic E-state index is 0.125. The average molecular weight is 304 g/mol. The Morgan fingerprint density at radius 3 is 2.67 bits per heavy atom. The molecule has 5 heteroatoms. The number of aliphatic carboxylic acids is 1. The number of aromatic nitrogens is 1. The van der Waals surface area contributed by atoms with Gasteiger partial charge in [0.2, 0.25) is 0 Å². The SMILES string of the molecule is CC(C)c1ccc(CNc2nc(CCC(=O)O)cs2)cc1. The zero-order valence-corrected chi connectivity index (χ0v) is 13.1. The van der Waals surface area contributed by atoms with Gasteiger partial charge in [-0.15, -0.1) is 11.3 Å². The third-order valence-electron chi connectivity index (χ3n) is 3.24. The van der Waals surface area contributed by atoms with E-state index in [-0.39, 0.29) is 6.42 Å². The maximum Gasteiger partial charge on any atom is 0.303 e. The van der Waals surface area contributed by atoms with Crippen LogP contribution in [0.1, 0.15) is 43.0 Å². The smallest absolute Gasteiger partial charge is 0.303 e. The van der Waals surface area contributed by atoms with Gasteiger partial charge in [0.1, 0.15) is 0 Å². The molecule has 0 unspecified atom stereocenters. The van der Waals surface area contributed by atoms with Crippen LogP contribution in [0.3, 0.4) is 0 Å². The van der Waals surface area contributed by atoms with Crippen LogP contribution in [0.25, 0.3) is 0 Å². The molecule has 0 aliphatic heterocycles. The van der Waals surface area contributed by atoms with Crippen molar-refractivity contribution in [2.75, 3.05) is 5.32 Å². The van der Waals surface area contributed by atoms with E-state index in [1.165, 1.54) is 22.5 Å². The van der Waals surface area contributed by atoms with Crippen LogP contribution in [0.4, 0.5) is 5.13 Å². The third kappa shape index (κ3) is 4.86. The first-order valence-corrected chi connectivity index (χ1v) is 7.91. The highest BCUT2D eigenvalue weighted by atomic mass is 32.1. The zero-order valence-electron chi connectivity index (χ0n) is 12.3. The Bertz CT molecular complexity index is 591. The van der Waals surface area contributed by atoms with Gasteiger partial charge in [-0.05, 0) is 17.0 Å². The molecular weight excluding hydrogens is 284 g/mol. The first-order chi connectivity index (χ1) is 10.0. The van der Waals surface area contributed by atoms with Crippen molar-refractivity contribution >= 4 is 22.4 Å². The highest BCUT2D eigenvalue weighted by Gasteiger charge is 2.05. The molecule has 112 valence electrons. The van der Waals surface area contributed by atoms with Crippen LogP contribution >= 0.6 is 11.3 Å². The third-order valence-corrected chi connectivity index (χ3v) is 4.09. The van der Waals surface area contributed by atoms with Crippen molar-refractivity contribution in [1.29, 1.82) is 0 Å². The van der Waals surface area contributed by atoms with Crippen LogP contribution in [0.2, 0.25) is 0 Å². The second-order valence-corrected chi connectivity index (χ2v) is 6.15. The minimum Gasteiger partial charge on any atom is -0.481 e. The number of carboxylic acid groups (broad SMARTS) is 1. The zero-order chi connectivity index (χ0) is 15.2. The van der Waals surface area contributed by atoms with E-state index in [0.717, 1.165) is 17.4 Å². The standard InChI is InChI=1S/C16H20N2O2S/c1-11(2)13-5-3-12(4-6-13)9-17-16-18-14(10-21-16)7-8-15(19)20/h3-6,10-11H,7-9H2,1-2H3,(H,17,18)(H,19,20). The van der Waals surface area contributed by atoms with Crippen LogP contribution in [0.5, 0.6) is 0 Å². The number of benzene rings is 1. The normalized spacial score (nSPS) is 10.8. The highest BCUT2D eigenvalue weighted by Crippen LogP contribution is 2.19. The minimum atomic E-state index is -0.789. The average Bonchev–Trinajstić information content (AvgIpc) is 2.91. The van der Waals surface area contributed by atoms with E-state index in [1.807, 2.05) is 5.38 Å². The molecule has 1 heterocycles. The summed E-state index contributed by atoms with van der Waals surface area (Å²) in [6.45, 7) is 5.09. The topological polar surface area (TPSA) is 62.2 Å². The number of hydrogen-bond donors (Lipinski definition) is 2. The van der Waals surface area contributed by atoms with Gasteiger partial charge in [0, 0.05) is 18.3 Å². The first kappa shape index (κ1) is 15.5. The maximum atomic E-state index is 10.5. The molecule has 2 aromatic rings. The molecule has 2 N–H and O–H groups in total. The van der Waals surface area contributed by atoms with Crippen LogP contribution in [0, 0.1) is 0 Å². The molecule has 0 fully saturated rings. The number of aryl methyl sites for hydroxylation is 1. The van der Waals surface area contributed by atoms with E-state index in [0.29, 0.717) is 12.3 Å². The van der Waals surface area contributed by atoms with Gasteiger partial charge in [-0.25, -0.2) is 4.98 Å².